The van der Waals surface area contributed by atoms with E-state index in [1.807, 2.05) is 13.8 Å². The van der Waals surface area contributed by atoms with Crippen LogP contribution in [0, 0.1) is 0 Å². The third-order valence-electron chi connectivity index (χ3n) is 3.33. The number of benzene rings is 1. The average Bonchev–Trinajstić information content (AvgIpc) is 2.83. The number of nitrogens with one attached hydrogen (secondary N) is 1. The maximum absolute atomic E-state index is 12.4. The van der Waals surface area contributed by atoms with Crippen molar-refractivity contribution in [3.05, 3.63) is 47.3 Å². The number of aromatic nitrogens is 2. The van der Waals surface area contributed by atoms with Crippen LogP contribution in [0.15, 0.2) is 30.3 Å². The highest BCUT2D eigenvalue weighted by Crippen LogP contribution is 2.18. The molecular formula is C16H19N3O3. The Bertz CT molecular complexity index is 704. The van der Waals surface area contributed by atoms with Crippen molar-refractivity contribution >= 4 is 17.6 Å². The molecule has 0 fully saturated rings. The van der Waals surface area contributed by atoms with Crippen LogP contribution in [-0.4, -0.2) is 26.8 Å². The predicted molar refractivity (Wildman–Crippen MR) is 83.0 cm³/mol. The minimum atomic E-state index is -0.940. The second-order valence-electron chi connectivity index (χ2n) is 5.41. The van der Waals surface area contributed by atoms with E-state index in [1.54, 1.807) is 37.4 Å². The third-order valence-corrected chi connectivity index (χ3v) is 3.33. The maximum atomic E-state index is 12.4. The summed E-state index contributed by atoms with van der Waals surface area (Å²) in [6.07, 6.45) is -0.140. The van der Waals surface area contributed by atoms with Gasteiger partial charge >= 0.3 is 5.97 Å². The summed E-state index contributed by atoms with van der Waals surface area (Å²) in [4.78, 5) is 23.3. The van der Waals surface area contributed by atoms with Gasteiger partial charge in [-0.3, -0.25) is 14.3 Å². The van der Waals surface area contributed by atoms with Crippen molar-refractivity contribution in [1.82, 2.24) is 9.78 Å². The van der Waals surface area contributed by atoms with E-state index in [2.05, 4.69) is 10.4 Å². The standard InChI is InChI=1S/C16H19N3O3/c1-10(2)13-9-14(19(3)18-13)16(22)17-12-7-5-4-6-11(12)8-15(20)21/h4-7,9-10H,8H2,1-3H3,(H,17,22)(H,20,21). The van der Waals surface area contributed by atoms with E-state index in [1.165, 1.54) is 4.68 Å². The fraction of sp³-hybridized carbons (Fsp3) is 0.312. The molecule has 1 aromatic heterocycles. The van der Waals surface area contributed by atoms with Gasteiger partial charge in [-0.1, -0.05) is 32.0 Å². The second-order valence-corrected chi connectivity index (χ2v) is 5.41. The van der Waals surface area contributed by atoms with E-state index in [4.69, 9.17) is 5.11 Å². The summed E-state index contributed by atoms with van der Waals surface area (Å²) >= 11 is 0. The molecule has 116 valence electrons. The lowest BCUT2D eigenvalue weighted by molar-refractivity contribution is -0.136. The highest BCUT2D eigenvalue weighted by molar-refractivity contribution is 6.03. The minimum absolute atomic E-state index is 0.140. The van der Waals surface area contributed by atoms with Gasteiger partial charge in [0.05, 0.1) is 12.1 Å². The monoisotopic (exact) mass is 301 g/mol. The summed E-state index contributed by atoms with van der Waals surface area (Å²) in [6, 6.07) is 8.63. The quantitative estimate of drug-likeness (QED) is 0.888. The average molecular weight is 301 g/mol. The third kappa shape index (κ3) is 3.52. The Kier molecular flexibility index (Phi) is 4.60. The van der Waals surface area contributed by atoms with E-state index in [0.717, 1.165) is 5.69 Å². The van der Waals surface area contributed by atoms with Gasteiger partial charge in [0.25, 0.3) is 5.91 Å². The summed E-state index contributed by atoms with van der Waals surface area (Å²) in [5.74, 6) is -1.02. The Balaban J connectivity index is 2.24. The molecule has 0 saturated heterocycles. The van der Waals surface area contributed by atoms with E-state index in [9.17, 15) is 9.59 Å². The summed E-state index contributed by atoms with van der Waals surface area (Å²) < 4.78 is 1.53. The van der Waals surface area contributed by atoms with Gasteiger partial charge in [-0.15, -0.1) is 0 Å². The molecule has 0 aliphatic rings. The molecule has 0 saturated carbocycles. The van der Waals surface area contributed by atoms with Crippen molar-refractivity contribution in [2.75, 3.05) is 5.32 Å². The van der Waals surface area contributed by atoms with E-state index < -0.39 is 5.97 Å². The van der Waals surface area contributed by atoms with Crippen molar-refractivity contribution in [1.29, 1.82) is 0 Å². The molecule has 2 N–H and O–H groups in total. The Labute approximate surface area is 128 Å². The molecule has 0 atom stereocenters. The fourth-order valence-corrected chi connectivity index (χ4v) is 2.13. The first-order valence-corrected chi connectivity index (χ1v) is 7.03. The van der Waals surface area contributed by atoms with Crippen LogP contribution in [0.2, 0.25) is 0 Å². The van der Waals surface area contributed by atoms with Crippen LogP contribution in [0.5, 0.6) is 0 Å². The molecule has 0 aliphatic carbocycles. The number of hydrogen-bond donors (Lipinski definition) is 2. The molecule has 0 bridgehead atoms. The van der Waals surface area contributed by atoms with E-state index >= 15 is 0 Å². The molecule has 6 heteroatoms. The van der Waals surface area contributed by atoms with Crippen LogP contribution in [-0.2, 0) is 18.3 Å². The Hall–Kier alpha value is -2.63. The molecule has 2 rings (SSSR count). The highest BCUT2D eigenvalue weighted by Gasteiger charge is 2.16. The van der Waals surface area contributed by atoms with Crippen molar-refractivity contribution in [2.45, 2.75) is 26.2 Å². The predicted octanol–water partition coefficient (Wildman–Crippen LogP) is 2.42. The van der Waals surface area contributed by atoms with Crippen molar-refractivity contribution < 1.29 is 14.7 Å². The van der Waals surface area contributed by atoms with Gasteiger partial charge in [0.1, 0.15) is 5.69 Å². The lowest BCUT2D eigenvalue weighted by Gasteiger charge is -2.09. The van der Waals surface area contributed by atoms with Gasteiger partial charge < -0.3 is 10.4 Å². The van der Waals surface area contributed by atoms with Gasteiger partial charge in [-0.2, -0.15) is 5.10 Å². The van der Waals surface area contributed by atoms with E-state index in [-0.39, 0.29) is 18.2 Å². The smallest absolute Gasteiger partial charge is 0.307 e. The topological polar surface area (TPSA) is 84.2 Å². The molecule has 2 aromatic rings. The SMILES string of the molecule is CC(C)c1cc(C(=O)Nc2ccccc2CC(=O)O)n(C)n1. The van der Waals surface area contributed by atoms with Gasteiger partial charge in [-0.25, -0.2) is 0 Å². The van der Waals surface area contributed by atoms with Crippen LogP contribution < -0.4 is 5.32 Å². The van der Waals surface area contributed by atoms with Gasteiger partial charge in [0.15, 0.2) is 0 Å². The number of aliphatic carboxylic acids is 1. The highest BCUT2D eigenvalue weighted by atomic mass is 16.4. The molecule has 1 amide bonds. The lowest BCUT2D eigenvalue weighted by Crippen LogP contribution is -2.17. The largest absolute Gasteiger partial charge is 0.481 e. The first-order valence-electron chi connectivity index (χ1n) is 7.03. The van der Waals surface area contributed by atoms with E-state index in [0.29, 0.717) is 16.9 Å². The molecule has 0 unspecified atom stereocenters. The summed E-state index contributed by atoms with van der Waals surface area (Å²) in [5, 5.41) is 16.0. The zero-order valence-corrected chi connectivity index (χ0v) is 12.8. The van der Waals surface area contributed by atoms with Gasteiger partial charge in [0, 0.05) is 12.7 Å². The number of carboxylic acid groups (broad SMARTS) is 1. The van der Waals surface area contributed by atoms with Crippen LogP contribution in [0.3, 0.4) is 0 Å². The molecule has 22 heavy (non-hydrogen) atoms. The normalized spacial score (nSPS) is 10.7. The molecular weight excluding hydrogens is 282 g/mol. The Morgan fingerprint density at radius 1 is 1.32 bits per heavy atom. The number of amides is 1. The first-order chi connectivity index (χ1) is 10.4. The Morgan fingerprint density at radius 2 is 2.00 bits per heavy atom. The number of carbonyl (C=O) groups excluding carboxylic acids is 1. The van der Waals surface area contributed by atoms with Crippen molar-refractivity contribution in [2.24, 2.45) is 7.05 Å². The second kappa shape index (κ2) is 6.43. The molecule has 0 aliphatic heterocycles. The zero-order chi connectivity index (χ0) is 16.3. The number of hydrogen-bond acceptors (Lipinski definition) is 3. The van der Waals surface area contributed by atoms with Crippen LogP contribution in [0.25, 0.3) is 0 Å². The van der Waals surface area contributed by atoms with Gasteiger partial charge in [-0.05, 0) is 23.6 Å². The lowest BCUT2D eigenvalue weighted by atomic mass is 10.1. The molecule has 6 nitrogen and oxygen atoms in total. The van der Waals surface area contributed by atoms with Crippen LogP contribution in [0.1, 0.15) is 41.5 Å². The molecule has 0 spiro atoms. The zero-order valence-electron chi connectivity index (χ0n) is 12.8. The van der Waals surface area contributed by atoms with Crippen LogP contribution in [0.4, 0.5) is 5.69 Å². The first kappa shape index (κ1) is 15.8. The van der Waals surface area contributed by atoms with Crippen LogP contribution >= 0.6 is 0 Å². The summed E-state index contributed by atoms with van der Waals surface area (Å²) in [6.45, 7) is 4.01. The number of para-hydroxylation sites is 1. The fourth-order valence-electron chi connectivity index (χ4n) is 2.13. The number of nitrogens with zero attached hydrogens (tertiary/aromatic N) is 2. The summed E-state index contributed by atoms with van der Waals surface area (Å²) in [5.41, 5.74) is 2.34. The molecule has 1 heterocycles. The number of carbonyl (C=O) groups is 2. The maximum Gasteiger partial charge on any atom is 0.307 e. The van der Waals surface area contributed by atoms with Crippen molar-refractivity contribution in [3.8, 4) is 0 Å². The summed E-state index contributed by atoms with van der Waals surface area (Å²) in [7, 11) is 1.71. The number of aryl methyl sites for hydroxylation is 1. The number of anilines is 1. The van der Waals surface area contributed by atoms with Gasteiger partial charge in [0.2, 0.25) is 0 Å². The number of carboxylic acids is 1. The number of rotatable bonds is 5. The molecule has 1 aromatic carbocycles. The molecule has 0 radical (unpaired) electrons. The van der Waals surface area contributed by atoms with Crippen molar-refractivity contribution in [3.63, 3.8) is 0 Å². The minimum Gasteiger partial charge on any atom is -0.481 e. The Morgan fingerprint density at radius 3 is 2.59 bits per heavy atom.